The molecule has 0 saturated heterocycles. The highest BCUT2D eigenvalue weighted by Gasteiger charge is 2.19. The zero-order chi connectivity index (χ0) is 11.0. The molecule has 2 rings (SSSR count). The third-order valence-electron chi connectivity index (χ3n) is 1.87. The number of hydrogen-bond acceptors (Lipinski definition) is 6. The number of nitrogens with zero attached hydrogens (tertiary/aromatic N) is 2. The summed E-state index contributed by atoms with van der Waals surface area (Å²) < 4.78 is 0. The van der Waals surface area contributed by atoms with Crippen molar-refractivity contribution in [2.75, 3.05) is 17.6 Å². The molecule has 2 heterocycles. The van der Waals surface area contributed by atoms with Crippen molar-refractivity contribution in [2.24, 2.45) is 10.7 Å². The van der Waals surface area contributed by atoms with Gasteiger partial charge in [0.1, 0.15) is 5.71 Å². The van der Waals surface area contributed by atoms with Crippen LogP contribution in [0.5, 0.6) is 0 Å². The van der Waals surface area contributed by atoms with Gasteiger partial charge in [0.25, 0.3) is 11.5 Å². The molecule has 0 saturated carbocycles. The van der Waals surface area contributed by atoms with Gasteiger partial charge < -0.3 is 16.8 Å². The number of nitrogens with one attached hydrogen (secondary N) is 2. The Balaban J connectivity index is 2.60. The fourth-order valence-corrected chi connectivity index (χ4v) is 1.20. The molecule has 15 heavy (non-hydrogen) atoms. The largest absolute Gasteiger partial charge is 0.369 e. The molecule has 0 aliphatic carbocycles. The number of nitrogens with two attached hydrogens (primary N) is 2. The van der Waals surface area contributed by atoms with Crippen LogP contribution in [0.2, 0.25) is 0 Å². The van der Waals surface area contributed by atoms with Gasteiger partial charge in [0, 0.05) is 0 Å². The molecule has 0 atom stereocenters. The van der Waals surface area contributed by atoms with Crippen molar-refractivity contribution in [3.8, 4) is 0 Å². The molecular formula is C7H8N6O2. The Kier molecular flexibility index (Phi) is 1.89. The van der Waals surface area contributed by atoms with Crippen molar-refractivity contribution >= 4 is 29.1 Å². The molecule has 8 heteroatoms. The maximum Gasteiger partial charge on any atom is 0.280 e. The van der Waals surface area contributed by atoms with E-state index in [4.69, 9.17) is 11.5 Å². The van der Waals surface area contributed by atoms with Crippen molar-refractivity contribution in [3.63, 3.8) is 0 Å². The van der Waals surface area contributed by atoms with Gasteiger partial charge in [0.2, 0.25) is 5.95 Å². The molecule has 0 bridgehead atoms. The number of aromatic nitrogens is 2. The predicted molar refractivity (Wildman–Crippen MR) is 54.0 cm³/mol. The molecule has 0 unspecified atom stereocenters. The lowest BCUT2D eigenvalue weighted by Crippen LogP contribution is -2.33. The molecule has 1 aliphatic heterocycles. The SMILES string of the molecule is NC(=O)C1=Nc2c(nc(N)[nH]c2=O)NC1. The lowest BCUT2D eigenvalue weighted by molar-refractivity contribution is -0.112. The number of H-pyrrole nitrogens is 1. The summed E-state index contributed by atoms with van der Waals surface area (Å²) in [6, 6.07) is 0. The second-order valence-corrected chi connectivity index (χ2v) is 2.92. The van der Waals surface area contributed by atoms with Gasteiger partial charge in [0.15, 0.2) is 11.5 Å². The summed E-state index contributed by atoms with van der Waals surface area (Å²) in [6.07, 6.45) is 0. The van der Waals surface area contributed by atoms with Crippen LogP contribution in [-0.2, 0) is 4.79 Å². The summed E-state index contributed by atoms with van der Waals surface area (Å²) in [7, 11) is 0. The zero-order valence-electron chi connectivity index (χ0n) is 7.57. The number of hydrogen-bond donors (Lipinski definition) is 4. The third-order valence-corrected chi connectivity index (χ3v) is 1.87. The van der Waals surface area contributed by atoms with Gasteiger partial charge in [-0.05, 0) is 0 Å². The minimum Gasteiger partial charge on any atom is -0.369 e. The Hall–Kier alpha value is -2.38. The maximum atomic E-state index is 11.4. The van der Waals surface area contributed by atoms with Crippen LogP contribution in [0.1, 0.15) is 0 Å². The Morgan fingerprint density at radius 3 is 2.87 bits per heavy atom. The summed E-state index contributed by atoms with van der Waals surface area (Å²) >= 11 is 0. The number of rotatable bonds is 1. The van der Waals surface area contributed by atoms with E-state index >= 15 is 0 Å². The zero-order valence-corrected chi connectivity index (χ0v) is 7.57. The minimum atomic E-state index is -0.677. The highest BCUT2D eigenvalue weighted by atomic mass is 16.1. The molecular weight excluding hydrogens is 200 g/mol. The number of fused-ring (bicyclic) bond motifs is 1. The maximum absolute atomic E-state index is 11.4. The highest BCUT2D eigenvalue weighted by molar-refractivity contribution is 6.40. The molecule has 1 aromatic heterocycles. The van der Waals surface area contributed by atoms with E-state index in [2.05, 4.69) is 20.3 Å². The van der Waals surface area contributed by atoms with Crippen LogP contribution in [0.4, 0.5) is 17.5 Å². The van der Waals surface area contributed by atoms with Crippen LogP contribution in [-0.4, -0.2) is 28.1 Å². The van der Waals surface area contributed by atoms with E-state index in [0.29, 0.717) is 0 Å². The first kappa shape index (κ1) is 9.19. The number of aromatic amines is 1. The van der Waals surface area contributed by atoms with Crippen molar-refractivity contribution in [2.45, 2.75) is 0 Å². The summed E-state index contributed by atoms with van der Waals surface area (Å²) in [5.74, 6) is -0.436. The molecule has 8 nitrogen and oxygen atoms in total. The average molecular weight is 208 g/mol. The second-order valence-electron chi connectivity index (χ2n) is 2.92. The molecule has 1 aromatic rings. The topological polar surface area (TPSA) is 139 Å². The number of carbonyl (C=O) groups is 1. The number of carbonyl (C=O) groups excluding carboxylic acids is 1. The fraction of sp³-hybridized carbons (Fsp3) is 0.143. The summed E-state index contributed by atoms with van der Waals surface area (Å²) in [5.41, 5.74) is 9.96. The van der Waals surface area contributed by atoms with Crippen LogP contribution in [0.25, 0.3) is 0 Å². The summed E-state index contributed by atoms with van der Waals surface area (Å²) in [5, 5.41) is 2.73. The van der Waals surface area contributed by atoms with E-state index < -0.39 is 11.5 Å². The smallest absolute Gasteiger partial charge is 0.280 e. The molecule has 1 amide bonds. The van der Waals surface area contributed by atoms with Crippen molar-refractivity contribution in [3.05, 3.63) is 10.4 Å². The quantitative estimate of drug-likeness (QED) is 0.437. The summed E-state index contributed by atoms with van der Waals surface area (Å²) in [4.78, 5) is 32.1. The Morgan fingerprint density at radius 2 is 2.20 bits per heavy atom. The van der Waals surface area contributed by atoms with Gasteiger partial charge in [-0.1, -0.05) is 0 Å². The number of amides is 1. The summed E-state index contributed by atoms with van der Waals surface area (Å²) in [6.45, 7) is 0.137. The average Bonchev–Trinajstić information content (AvgIpc) is 2.16. The van der Waals surface area contributed by atoms with Gasteiger partial charge in [-0.25, -0.2) is 4.99 Å². The van der Waals surface area contributed by atoms with E-state index in [1.165, 1.54) is 0 Å². The van der Waals surface area contributed by atoms with Gasteiger partial charge in [-0.15, -0.1) is 0 Å². The first-order valence-corrected chi connectivity index (χ1v) is 4.09. The lowest BCUT2D eigenvalue weighted by atomic mass is 10.3. The Bertz CT molecular complexity index is 517. The van der Waals surface area contributed by atoms with Gasteiger partial charge in [-0.3, -0.25) is 14.6 Å². The van der Waals surface area contributed by atoms with E-state index in [-0.39, 0.29) is 29.7 Å². The van der Waals surface area contributed by atoms with Gasteiger partial charge >= 0.3 is 0 Å². The predicted octanol–water partition coefficient (Wildman–Crippen LogP) is -1.66. The molecule has 0 radical (unpaired) electrons. The van der Waals surface area contributed by atoms with Gasteiger partial charge in [-0.2, -0.15) is 4.98 Å². The van der Waals surface area contributed by atoms with Crippen LogP contribution >= 0.6 is 0 Å². The third kappa shape index (κ3) is 1.52. The molecule has 0 fully saturated rings. The van der Waals surface area contributed by atoms with Crippen LogP contribution in [0.15, 0.2) is 9.79 Å². The van der Waals surface area contributed by atoms with Gasteiger partial charge in [0.05, 0.1) is 6.54 Å². The molecule has 6 N–H and O–H groups in total. The Morgan fingerprint density at radius 1 is 1.47 bits per heavy atom. The van der Waals surface area contributed by atoms with E-state index in [1.807, 2.05) is 0 Å². The van der Waals surface area contributed by atoms with E-state index in [9.17, 15) is 9.59 Å². The second kappa shape index (κ2) is 3.08. The van der Waals surface area contributed by atoms with Crippen molar-refractivity contribution < 1.29 is 4.79 Å². The first-order chi connectivity index (χ1) is 7.08. The highest BCUT2D eigenvalue weighted by Crippen LogP contribution is 2.20. The van der Waals surface area contributed by atoms with Crippen LogP contribution < -0.4 is 22.3 Å². The standard InChI is InChI=1S/C7H8N6O2/c8-4(14)2-1-10-5-3(11-2)6(15)13-7(9)12-5/h1H2,(H2,8,14)(H4,9,10,12,13,15). The number of primary amides is 1. The number of nitrogen functional groups attached to an aromatic ring is 1. The minimum absolute atomic E-state index is 0.0102. The number of aliphatic imine (C=N–C) groups is 1. The first-order valence-electron chi connectivity index (χ1n) is 4.09. The van der Waals surface area contributed by atoms with E-state index in [1.54, 1.807) is 0 Å². The monoisotopic (exact) mass is 208 g/mol. The van der Waals surface area contributed by atoms with Crippen molar-refractivity contribution in [1.82, 2.24) is 9.97 Å². The van der Waals surface area contributed by atoms with Crippen molar-refractivity contribution in [1.29, 1.82) is 0 Å². The van der Waals surface area contributed by atoms with E-state index in [0.717, 1.165) is 0 Å². The molecule has 0 aromatic carbocycles. The molecule has 78 valence electrons. The normalized spacial score (nSPS) is 13.7. The molecule has 1 aliphatic rings. The fourth-order valence-electron chi connectivity index (χ4n) is 1.20. The van der Waals surface area contributed by atoms with Crippen LogP contribution in [0.3, 0.4) is 0 Å². The Labute approximate surface area is 83.4 Å². The van der Waals surface area contributed by atoms with Crippen LogP contribution in [0, 0.1) is 0 Å². The number of anilines is 2. The lowest BCUT2D eigenvalue weighted by Gasteiger charge is -2.13. The molecule has 0 spiro atoms.